The second kappa shape index (κ2) is 11.1. The Morgan fingerprint density at radius 3 is 1.59 bits per heavy atom. The van der Waals surface area contributed by atoms with E-state index in [9.17, 15) is 9.67 Å². The number of aliphatic hydroxyl groups is 1. The van der Waals surface area contributed by atoms with Gasteiger partial charge in [-0.15, -0.1) is 0 Å². The van der Waals surface area contributed by atoms with Crippen LogP contribution in [-0.2, 0) is 31.4 Å². The van der Waals surface area contributed by atoms with Gasteiger partial charge in [-0.05, 0) is 16.7 Å². The maximum absolute atomic E-state index is 13.3. The molecule has 0 aromatic heterocycles. The summed E-state index contributed by atoms with van der Waals surface area (Å²) >= 11 is 0. The molecular weight excluding hydrogens is 387 g/mol. The molecule has 0 saturated carbocycles. The molecule has 0 heterocycles. The van der Waals surface area contributed by atoms with Crippen LogP contribution >= 0.6 is 7.82 Å². The molecule has 0 saturated heterocycles. The van der Waals surface area contributed by atoms with Crippen molar-refractivity contribution in [3.63, 3.8) is 0 Å². The smallest absolute Gasteiger partial charge is 0.396 e. The summed E-state index contributed by atoms with van der Waals surface area (Å²) in [6, 6.07) is 28.3. The molecule has 1 N–H and O–H groups in total. The first-order valence-electron chi connectivity index (χ1n) is 9.46. The van der Waals surface area contributed by atoms with Crippen LogP contribution in [0.25, 0.3) is 0 Å². The lowest BCUT2D eigenvalue weighted by Crippen LogP contribution is -2.13. The summed E-state index contributed by atoms with van der Waals surface area (Å²) in [7, 11) is -3.85. The second-order valence-corrected chi connectivity index (χ2v) is 8.22. The van der Waals surface area contributed by atoms with Crippen LogP contribution in [0.1, 0.15) is 22.6 Å². The van der Waals surface area contributed by atoms with E-state index in [-0.39, 0.29) is 32.3 Å². The van der Waals surface area contributed by atoms with Gasteiger partial charge in [0.15, 0.2) is 0 Å². The van der Waals surface area contributed by atoms with Gasteiger partial charge in [0, 0.05) is 5.92 Å². The van der Waals surface area contributed by atoms with Crippen molar-refractivity contribution in [2.45, 2.75) is 19.1 Å². The van der Waals surface area contributed by atoms with Crippen molar-refractivity contribution in [2.75, 3.05) is 13.2 Å². The van der Waals surface area contributed by atoms with Crippen molar-refractivity contribution in [3.05, 3.63) is 108 Å². The lowest BCUT2D eigenvalue weighted by molar-refractivity contribution is 0.0910. The van der Waals surface area contributed by atoms with Gasteiger partial charge < -0.3 is 5.11 Å². The van der Waals surface area contributed by atoms with E-state index >= 15 is 0 Å². The summed E-state index contributed by atoms with van der Waals surface area (Å²) in [6.45, 7) is 0.0762. The molecule has 29 heavy (non-hydrogen) atoms. The highest BCUT2D eigenvalue weighted by Gasteiger charge is 2.29. The van der Waals surface area contributed by atoms with Crippen molar-refractivity contribution in [2.24, 2.45) is 0 Å². The fourth-order valence-corrected chi connectivity index (χ4v) is 3.93. The van der Waals surface area contributed by atoms with Gasteiger partial charge in [0.25, 0.3) is 0 Å². The lowest BCUT2D eigenvalue weighted by Gasteiger charge is -2.21. The fourth-order valence-electron chi connectivity index (χ4n) is 2.73. The molecule has 0 aliphatic carbocycles. The molecule has 5 nitrogen and oxygen atoms in total. The van der Waals surface area contributed by atoms with Gasteiger partial charge >= 0.3 is 7.82 Å². The Morgan fingerprint density at radius 2 is 1.14 bits per heavy atom. The molecule has 0 radical (unpaired) electrons. The molecule has 6 heteroatoms. The van der Waals surface area contributed by atoms with Crippen molar-refractivity contribution >= 4 is 7.82 Å². The van der Waals surface area contributed by atoms with Crippen molar-refractivity contribution in [1.82, 2.24) is 0 Å². The van der Waals surface area contributed by atoms with E-state index in [1.54, 1.807) is 0 Å². The average Bonchev–Trinajstić information content (AvgIpc) is 2.79. The SMILES string of the molecule is O=P(OCc1ccccc1)(OCc1ccccc1)OC[C@H](CO)c1ccccc1. The number of hydrogen-bond acceptors (Lipinski definition) is 5. The predicted octanol–water partition coefficient (Wildman–Crippen LogP) is 5.32. The van der Waals surface area contributed by atoms with Gasteiger partial charge in [0.2, 0.25) is 0 Å². The first-order valence-corrected chi connectivity index (χ1v) is 10.9. The van der Waals surface area contributed by atoms with Crippen LogP contribution in [0.15, 0.2) is 91.0 Å². The molecular formula is C23H25O5P. The molecule has 0 amide bonds. The molecule has 0 spiro atoms. The molecule has 3 aromatic carbocycles. The third kappa shape index (κ3) is 6.93. The van der Waals surface area contributed by atoms with E-state index in [1.807, 2.05) is 91.0 Å². The summed E-state index contributed by atoms with van der Waals surface area (Å²) in [6.07, 6.45) is 0. The zero-order chi connectivity index (χ0) is 20.4. The molecule has 3 rings (SSSR count). The average molecular weight is 412 g/mol. The van der Waals surface area contributed by atoms with Gasteiger partial charge in [-0.2, -0.15) is 0 Å². The van der Waals surface area contributed by atoms with Gasteiger partial charge in [-0.1, -0.05) is 91.0 Å². The maximum Gasteiger partial charge on any atom is 0.475 e. The van der Waals surface area contributed by atoms with Crippen LogP contribution in [0.2, 0.25) is 0 Å². The number of phosphoric acid groups is 1. The number of aliphatic hydroxyl groups excluding tert-OH is 1. The van der Waals surface area contributed by atoms with E-state index in [0.29, 0.717) is 0 Å². The van der Waals surface area contributed by atoms with Crippen molar-refractivity contribution in [1.29, 1.82) is 0 Å². The third-order valence-electron chi connectivity index (χ3n) is 4.39. The normalized spacial score (nSPS) is 12.6. The molecule has 1 atom stereocenters. The van der Waals surface area contributed by atoms with Crippen molar-refractivity contribution < 1.29 is 23.2 Å². The van der Waals surface area contributed by atoms with Crippen LogP contribution in [0, 0.1) is 0 Å². The Labute approximate surface area is 171 Å². The van der Waals surface area contributed by atoms with Gasteiger partial charge in [-0.25, -0.2) is 4.57 Å². The summed E-state index contributed by atoms with van der Waals surface area (Å²) in [5.41, 5.74) is 2.62. The monoisotopic (exact) mass is 412 g/mol. The Balaban J connectivity index is 1.67. The Bertz CT molecular complexity index is 839. The molecule has 0 fully saturated rings. The van der Waals surface area contributed by atoms with Crippen LogP contribution in [0.5, 0.6) is 0 Å². The zero-order valence-corrected chi connectivity index (χ0v) is 17.0. The van der Waals surface area contributed by atoms with Gasteiger partial charge in [0.1, 0.15) is 0 Å². The molecule has 0 bridgehead atoms. The standard InChI is InChI=1S/C23H25O5P/c24-16-23(22-14-8-3-9-15-22)19-28-29(25,26-17-20-10-4-1-5-11-20)27-18-21-12-6-2-7-13-21/h1-15,23-24H,16-19H2/t23-/m0/s1. The van der Waals surface area contributed by atoms with E-state index in [0.717, 1.165) is 16.7 Å². The van der Waals surface area contributed by atoms with Gasteiger partial charge in [0.05, 0.1) is 26.4 Å². The van der Waals surface area contributed by atoms with E-state index in [4.69, 9.17) is 13.6 Å². The molecule has 3 aromatic rings. The quantitative estimate of drug-likeness (QED) is 0.432. The molecule has 152 valence electrons. The first-order chi connectivity index (χ1) is 14.2. The highest BCUT2D eigenvalue weighted by atomic mass is 31.2. The van der Waals surface area contributed by atoms with Crippen molar-refractivity contribution in [3.8, 4) is 0 Å². The van der Waals surface area contributed by atoms with E-state index in [1.165, 1.54) is 0 Å². The number of hydrogen-bond donors (Lipinski definition) is 1. The van der Waals surface area contributed by atoms with Crippen LogP contribution in [0.3, 0.4) is 0 Å². The number of phosphoric ester groups is 1. The van der Waals surface area contributed by atoms with E-state index in [2.05, 4.69) is 0 Å². The van der Waals surface area contributed by atoms with Crippen LogP contribution < -0.4 is 0 Å². The summed E-state index contributed by atoms with van der Waals surface area (Å²) in [5.74, 6) is -0.329. The summed E-state index contributed by atoms with van der Waals surface area (Å²) < 4.78 is 30.1. The molecule has 0 aliphatic rings. The Morgan fingerprint density at radius 1 is 0.690 bits per heavy atom. The van der Waals surface area contributed by atoms with E-state index < -0.39 is 7.82 Å². The lowest BCUT2D eigenvalue weighted by atomic mass is 10.0. The molecule has 0 aliphatic heterocycles. The number of rotatable bonds is 11. The zero-order valence-electron chi connectivity index (χ0n) is 16.1. The highest BCUT2D eigenvalue weighted by molar-refractivity contribution is 7.48. The minimum Gasteiger partial charge on any atom is -0.396 e. The Kier molecular flexibility index (Phi) is 8.17. The topological polar surface area (TPSA) is 65.0 Å². The minimum atomic E-state index is -3.85. The molecule has 0 unspecified atom stereocenters. The maximum atomic E-state index is 13.3. The highest BCUT2D eigenvalue weighted by Crippen LogP contribution is 2.51. The Hall–Kier alpha value is -2.27. The van der Waals surface area contributed by atoms with Crippen LogP contribution in [-0.4, -0.2) is 18.3 Å². The van der Waals surface area contributed by atoms with Gasteiger partial charge in [-0.3, -0.25) is 13.6 Å². The number of benzene rings is 3. The fraction of sp³-hybridized carbons (Fsp3) is 0.217. The second-order valence-electron chi connectivity index (χ2n) is 6.55. The third-order valence-corrected chi connectivity index (χ3v) is 5.75. The van der Waals surface area contributed by atoms with Crippen LogP contribution in [0.4, 0.5) is 0 Å². The largest absolute Gasteiger partial charge is 0.475 e. The predicted molar refractivity (Wildman–Crippen MR) is 112 cm³/mol. The summed E-state index contributed by atoms with van der Waals surface area (Å²) in [5, 5.41) is 9.74. The minimum absolute atomic E-state index is 0.0152. The summed E-state index contributed by atoms with van der Waals surface area (Å²) in [4.78, 5) is 0. The first kappa shape index (κ1) is 21.4.